The maximum Gasteiger partial charge on any atom is 0.149 e. The molecule has 88 valence electrons. The van der Waals surface area contributed by atoms with Gasteiger partial charge in [-0.2, -0.15) is 0 Å². The largest absolute Gasteiger partial charge is 0.489 e. The zero-order valence-electron chi connectivity index (χ0n) is 9.61. The highest BCUT2D eigenvalue weighted by Crippen LogP contribution is 2.19. The minimum atomic E-state index is -0.452. The molecule has 0 aliphatic heterocycles. The summed E-state index contributed by atoms with van der Waals surface area (Å²) in [6.07, 6.45) is 0. The summed E-state index contributed by atoms with van der Waals surface area (Å²) in [5.74, 6) is 0.0345. The van der Waals surface area contributed by atoms with E-state index in [1.165, 1.54) is 12.1 Å². The molecular formula is C14H14FNO. The van der Waals surface area contributed by atoms with E-state index >= 15 is 0 Å². The molecule has 0 aromatic heterocycles. The number of hydrogen-bond donors (Lipinski definition) is 1. The standard InChI is InChI=1S/C14H14FNO/c1-10-4-2-3-5-11(10)9-17-12-6-7-14(16)13(15)8-12/h2-8H,9,16H2,1H3. The lowest BCUT2D eigenvalue weighted by molar-refractivity contribution is 0.304. The number of hydrogen-bond acceptors (Lipinski definition) is 2. The lowest BCUT2D eigenvalue weighted by atomic mass is 10.1. The Kier molecular flexibility index (Phi) is 3.28. The average Bonchev–Trinajstić information content (AvgIpc) is 2.32. The molecule has 2 aromatic rings. The number of nitrogens with two attached hydrogens (primary N) is 1. The number of benzene rings is 2. The highest BCUT2D eigenvalue weighted by molar-refractivity contribution is 5.43. The Morgan fingerprint density at radius 2 is 1.94 bits per heavy atom. The van der Waals surface area contributed by atoms with Gasteiger partial charge >= 0.3 is 0 Å². The van der Waals surface area contributed by atoms with Crippen LogP contribution >= 0.6 is 0 Å². The fourth-order valence-electron chi connectivity index (χ4n) is 1.53. The number of anilines is 1. The molecule has 0 bridgehead atoms. The minimum Gasteiger partial charge on any atom is -0.489 e. The fourth-order valence-corrected chi connectivity index (χ4v) is 1.53. The van der Waals surface area contributed by atoms with Crippen LogP contribution in [-0.4, -0.2) is 0 Å². The number of ether oxygens (including phenoxy) is 1. The van der Waals surface area contributed by atoms with Gasteiger partial charge < -0.3 is 10.5 Å². The van der Waals surface area contributed by atoms with Gasteiger partial charge in [0.2, 0.25) is 0 Å². The van der Waals surface area contributed by atoms with Crippen LogP contribution in [0.3, 0.4) is 0 Å². The van der Waals surface area contributed by atoms with Crippen molar-refractivity contribution in [3.63, 3.8) is 0 Å². The van der Waals surface area contributed by atoms with Gasteiger partial charge in [-0.25, -0.2) is 4.39 Å². The van der Waals surface area contributed by atoms with Gasteiger partial charge in [0.25, 0.3) is 0 Å². The lowest BCUT2D eigenvalue weighted by Crippen LogP contribution is -1.98. The summed E-state index contributed by atoms with van der Waals surface area (Å²) in [4.78, 5) is 0. The Morgan fingerprint density at radius 3 is 2.65 bits per heavy atom. The van der Waals surface area contributed by atoms with Crippen LogP contribution in [0, 0.1) is 12.7 Å². The Labute approximate surface area is 99.8 Å². The first-order valence-corrected chi connectivity index (χ1v) is 5.39. The van der Waals surface area contributed by atoms with Crippen LogP contribution in [0.1, 0.15) is 11.1 Å². The second kappa shape index (κ2) is 4.87. The molecule has 0 spiro atoms. The van der Waals surface area contributed by atoms with Gasteiger partial charge in [0.1, 0.15) is 18.2 Å². The summed E-state index contributed by atoms with van der Waals surface area (Å²) in [6, 6.07) is 12.4. The third kappa shape index (κ3) is 2.75. The Morgan fingerprint density at radius 1 is 1.18 bits per heavy atom. The zero-order valence-corrected chi connectivity index (χ0v) is 9.61. The molecule has 0 aliphatic rings. The van der Waals surface area contributed by atoms with Gasteiger partial charge in [0.05, 0.1) is 5.69 Å². The summed E-state index contributed by atoms with van der Waals surface area (Å²) in [5, 5.41) is 0. The molecule has 2 nitrogen and oxygen atoms in total. The van der Waals surface area contributed by atoms with E-state index in [4.69, 9.17) is 10.5 Å². The molecule has 0 unspecified atom stereocenters. The van der Waals surface area contributed by atoms with E-state index < -0.39 is 5.82 Å². The maximum atomic E-state index is 13.2. The van der Waals surface area contributed by atoms with Crippen molar-refractivity contribution in [1.29, 1.82) is 0 Å². The van der Waals surface area contributed by atoms with Crippen molar-refractivity contribution >= 4 is 5.69 Å². The van der Waals surface area contributed by atoms with Crippen molar-refractivity contribution in [2.45, 2.75) is 13.5 Å². The summed E-state index contributed by atoms with van der Waals surface area (Å²) < 4.78 is 18.7. The maximum absolute atomic E-state index is 13.2. The second-order valence-corrected chi connectivity index (χ2v) is 3.90. The van der Waals surface area contributed by atoms with Crippen LogP contribution in [0.4, 0.5) is 10.1 Å². The van der Waals surface area contributed by atoms with Gasteiger partial charge in [-0.3, -0.25) is 0 Å². The van der Waals surface area contributed by atoms with Crippen LogP contribution in [-0.2, 0) is 6.61 Å². The number of aryl methyl sites for hydroxylation is 1. The molecule has 0 amide bonds. The van der Waals surface area contributed by atoms with E-state index in [9.17, 15) is 4.39 Å². The van der Waals surface area contributed by atoms with Crippen LogP contribution in [0.2, 0.25) is 0 Å². The van der Waals surface area contributed by atoms with E-state index in [1.807, 2.05) is 31.2 Å². The first-order valence-electron chi connectivity index (χ1n) is 5.39. The van der Waals surface area contributed by atoms with Crippen molar-refractivity contribution in [3.8, 4) is 5.75 Å². The summed E-state index contributed by atoms with van der Waals surface area (Å²) in [7, 11) is 0. The van der Waals surface area contributed by atoms with E-state index in [-0.39, 0.29) is 5.69 Å². The summed E-state index contributed by atoms with van der Waals surface area (Å²) >= 11 is 0. The fraction of sp³-hybridized carbons (Fsp3) is 0.143. The first-order chi connectivity index (χ1) is 8.16. The SMILES string of the molecule is Cc1ccccc1COc1ccc(N)c(F)c1. The smallest absolute Gasteiger partial charge is 0.149 e. The minimum absolute atomic E-state index is 0.133. The van der Waals surface area contributed by atoms with Gasteiger partial charge in [0.15, 0.2) is 0 Å². The molecule has 0 fully saturated rings. The van der Waals surface area contributed by atoms with Crippen molar-refractivity contribution < 1.29 is 9.13 Å². The Hall–Kier alpha value is -2.03. The van der Waals surface area contributed by atoms with Crippen LogP contribution in [0.15, 0.2) is 42.5 Å². The van der Waals surface area contributed by atoms with E-state index in [0.29, 0.717) is 12.4 Å². The zero-order chi connectivity index (χ0) is 12.3. The molecule has 2 aromatic carbocycles. The van der Waals surface area contributed by atoms with Gasteiger partial charge in [0, 0.05) is 6.07 Å². The number of halogens is 1. The molecule has 0 saturated heterocycles. The first kappa shape index (κ1) is 11.5. The van der Waals surface area contributed by atoms with Gasteiger partial charge in [-0.15, -0.1) is 0 Å². The quantitative estimate of drug-likeness (QED) is 0.822. The Balaban J connectivity index is 2.08. The van der Waals surface area contributed by atoms with Gasteiger partial charge in [-0.1, -0.05) is 24.3 Å². The molecule has 0 saturated carbocycles. The Bertz CT molecular complexity index is 525. The summed E-state index contributed by atoms with van der Waals surface area (Å²) in [5.41, 5.74) is 7.77. The molecule has 0 aliphatic carbocycles. The van der Waals surface area contributed by atoms with E-state index in [0.717, 1.165) is 11.1 Å². The van der Waals surface area contributed by atoms with E-state index in [2.05, 4.69) is 0 Å². The monoisotopic (exact) mass is 231 g/mol. The predicted molar refractivity (Wildman–Crippen MR) is 66.3 cm³/mol. The molecule has 0 radical (unpaired) electrons. The molecule has 2 rings (SSSR count). The van der Waals surface area contributed by atoms with Crippen molar-refractivity contribution in [1.82, 2.24) is 0 Å². The lowest BCUT2D eigenvalue weighted by Gasteiger charge is -2.09. The van der Waals surface area contributed by atoms with Crippen molar-refractivity contribution in [2.24, 2.45) is 0 Å². The molecule has 3 heteroatoms. The third-order valence-corrected chi connectivity index (χ3v) is 2.63. The topological polar surface area (TPSA) is 35.2 Å². The van der Waals surface area contributed by atoms with Crippen molar-refractivity contribution in [3.05, 3.63) is 59.4 Å². The van der Waals surface area contributed by atoms with Crippen LogP contribution in [0.25, 0.3) is 0 Å². The molecule has 0 heterocycles. The highest BCUT2D eigenvalue weighted by Gasteiger charge is 2.02. The van der Waals surface area contributed by atoms with Crippen molar-refractivity contribution in [2.75, 3.05) is 5.73 Å². The van der Waals surface area contributed by atoms with E-state index in [1.54, 1.807) is 6.07 Å². The van der Waals surface area contributed by atoms with Crippen LogP contribution in [0.5, 0.6) is 5.75 Å². The molecule has 2 N–H and O–H groups in total. The van der Waals surface area contributed by atoms with Crippen LogP contribution < -0.4 is 10.5 Å². The number of rotatable bonds is 3. The summed E-state index contributed by atoms with van der Waals surface area (Å²) in [6.45, 7) is 2.44. The van der Waals surface area contributed by atoms with Gasteiger partial charge in [-0.05, 0) is 30.2 Å². The number of nitrogen functional groups attached to an aromatic ring is 1. The molecule has 0 atom stereocenters. The molecular weight excluding hydrogens is 217 g/mol. The second-order valence-electron chi connectivity index (χ2n) is 3.90. The third-order valence-electron chi connectivity index (χ3n) is 2.63. The predicted octanol–water partition coefficient (Wildman–Crippen LogP) is 3.30. The molecule has 17 heavy (non-hydrogen) atoms. The normalized spacial score (nSPS) is 10.2. The highest BCUT2D eigenvalue weighted by atomic mass is 19.1. The average molecular weight is 231 g/mol.